The molecule has 10 nitrogen and oxygen atoms in total. The Bertz CT molecular complexity index is 1330. The maximum absolute atomic E-state index is 12.4. The summed E-state index contributed by atoms with van der Waals surface area (Å²) in [5.41, 5.74) is 8.93. The van der Waals surface area contributed by atoms with Gasteiger partial charge in [-0.1, -0.05) is 12.6 Å². The lowest BCUT2D eigenvalue weighted by atomic mass is 10.1. The Labute approximate surface area is 197 Å². The number of fused-ring (bicyclic) bond motifs is 1. The van der Waals surface area contributed by atoms with Gasteiger partial charge in [-0.2, -0.15) is 5.10 Å². The quantitative estimate of drug-likeness (QED) is 0.422. The molecule has 0 spiro atoms. The summed E-state index contributed by atoms with van der Waals surface area (Å²) in [6, 6.07) is 3.53. The second-order valence-electron chi connectivity index (χ2n) is 8.12. The van der Waals surface area contributed by atoms with E-state index in [1.54, 1.807) is 36.3 Å². The zero-order valence-corrected chi connectivity index (χ0v) is 19.4. The van der Waals surface area contributed by atoms with Gasteiger partial charge in [0.2, 0.25) is 5.91 Å². The van der Waals surface area contributed by atoms with Crippen LogP contribution >= 0.6 is 0 Å². The highest BCUT2D eigenvalue weighted by Crippen LogP contribution is 2.32. The number of primary amides is 1. The number of rotatable bonds is 6. The number of nitrogens with two attached hydrogens (primary N) is 1. The lowest BCUT2D eigenvalue weighted by molar-refractivity contribution is -0.127. The van der Waals surface area contributed by atoms with Crippen LogP contribution in [-0.2, 0) is 9.53 Å². The summed E-state index contributed by atoms with van der Waals surface area (Å²) >= 11 is 0. The molecule has 34 heavy (non-hydrogen) atoms. The average Bonchev–Trinajstić information content (AvgIpc) is 3.55. The number of carbonyl (C=O) groups is 2. The van der Waals surface area contributed by atoms with Crippen LogP contribution in [0.2, 0.25) is 0 Å². The first-order chi connectivity index (χ1) is 16.4. The fraction of sp³-hybridized carbons (Fsp3) is 0.333. The van der Waals surface area contributed by atoms with E-state index in [0.29, 0.717) is 31.1 Å². The van der Waals surface area contributed by atoms with Crippen LogP contribution in [0.4, 0.5) is 5.82 Å². The Morgan fingerprint density at radius 1 is 1.38 bits per heavy atom. The van der Waals surface area contributed by atoms with Crippen molar-refractivity contribution in [2.45, 2.75) is 25.4 Å². The van der Waals surface area contributed by atoms with Crippen LogP contribution in [0.3, 0.4) is 0 Å². The zero-order valence-electron chi connectivity index (χ0n) is 19.4. The topological polar surface area (TPSA) is 120 Å². The molecule has 0 saturated carbocycles. The molecule has 3 N–H and O–H groups in total. The lowest BCUT2D eigenvalue weighted by Gasteiger charge is -2.22. The highest BCUT2D eigenvalue weighted by Gasteiger charge is 2.37. The van der Waals surface area contributed by atoms with E-state index in [1.165, 1.54) is 6.08 Å². The van der Waals surface area contributed by atoms with Gasteiger partial charge in [-0.15, -0.1) is 0 Å². The molecule has 1 aliphatic heterocycles. The van der Waals surface area contributed by atoms with Crippen molar-refractivity contribution in [2.75, 3.05) is 32.6 Å². The number of aryl methyl sites for hydroxylation is 1. The second kappa shape index (κ2) is 9.41. The highest BCUT2D eigenvalue weighted by molar-refractivity contribution is 6.00. The Hall–Kier alpha value is -4.10. The number of nitrogens with one attached hydrogen (secondary N) is 1. The van der Waals surface area contributed by atoms with Gasteiger partial charge in [0.05, 0.1) is 36.1 Å². The number of likely N-dealkylation sites (tertiary alicyclic amines) is 1. The van der Waals surface area contributed by atoms with E-state index in [0.717, 1.165) is 11.1 Å². The SMILES string of the molecule is C=CC(=O)N1C[C@@H](n2nc(C#Cc3ccc(C)c4cncn34)c(C(N)=O)c2NC)C[C@@H]1COC. The van der Waals surface area contributed by atoms with E-state index in [1.807, 2.05) is 23.5 Å². The maximum Gasteiger partial charge on any atom is 0.255 e. The summed E-state index contributed by atoms with van der Waals surface area (Å²) in [6.45, 7) is 6.38. The minimum atomic E-state index is -0.637. The number of nitrogens with zero attached hydrogens (tertiary/aromatic N) is 5. The summed E-state index contributed by atoms with van der Waals surface area (Å²) in [5.74, 6) is 5.76. The van der Waals surface area contributed by atoms with Gasteiger partial charge in [0, 0.05) is 20.7 Å². The molecule has 1 saturated heterocycles. The van der Waals surface area contributed by atoms with Crippen molar-refractivity contribution in [1.29, 1.82) is 0 Å². The van der Waals surface area contributed by atoms with Gasteiger partial charge in [0.1, 0.15) is 17.7 Å². The Morgan fingerprint density at radius 2 is 2.18 bits per heavy atom. The molecule has 2 amide bonds. The summed E-state index contributed by atoms with van der Waals surface area (Å²) in [6.07, 6.45) is 5.36. The third-order valence-electron chi connectivity index (χ3n) is 6.05. The molecule has 2 atom stereocenters. The average molecular weight is 462 g/mol. The molecule has 4 heterocycles. The molecule has 0 aromatic carbocycles. The largest absolute Gasteiger partial charge is 0.383 e. The molecule has 1 fully saturated rings. The van der Waals surface area contributed by atoms with Gasteiger partial charge in [0.15, 0.2) is 5.69 Å². The molecular weight excluding hydrogens is 434 g/mol. The summed E-state index contributed by atoms with van der Waals surface area (Å²) in [5, 5.41) is 7.69. The van der Waals surface area contributed by atoms with Crippen LogP contribution in [0.1, 0.15) is 39.8 Å². The summed E-state index contributed by atoms with van der Waals surface area (Å²) < 4.78 is 8.89. The molecule has 3 aromatic rings. The predicted molar refractivity (Wildman–Crippen MR) is 127 cm³/mol. The number of aromatic nitrogens is 4. The molecule has 3 aromatic heterocycles. The van der Waals surface area contributed by atoms with Crippen molar-refractivity contribution in [1.82, 2.24) is 24.1 Å². The molecule has 4 rings (SSSR count). The number of amides is 2. The van der Waals surface area contributed by atoms with Crippen molar-refractivity contribution in [3.05, 3.63) is 59.8 Å². The van der Waals surface area contributed by atoms with Crippen LogP contribution in [-0.4, -0.2) is 69.2 Å². The van der Waals surface area contributed by atoms with Crippen LogP contribution in [0.25, 0.3) is 5.52 Å². The molecule has 176 valence electrons. The Kier molecular flexibility index (Phi) is 6.38. The van der Waals surface area contributed by atoms with Crippen molar-refractivity contribution < 1.29 is 14.3 Å². The fourth-order valence-electron chi connectivity index (χ4n) is 4.44. The molecule has 10 heteroatoms. The van der Waals surface area contributed by atoms with E-state index in [9.17, 15) is 9.59 Å². The number of hydrogen-bond donors (Lipinski definition) is 2. The number of hydrogen-bond acceptors (Lipinski definition) is 6. The zero-order chi connectivity index (χ0) is 24.4. The minimum Gasteiger partial charge on any atom is -0.383 e. The standard InChI is InChI=1S/C24H27N7O3/c1-5-21(32)29-12-17(10-18(29)13-34-4)31-24(26-3)22(23(25)33)19(28-31)9-8-16-7-6-15(2)20-11-27-14-30(16)20/h5-7,11,14,17-18,26H,1,10,12-13H2,2-4H3,(H2,25,33)/t17-,18+/m0/s1. The lowest BCUT2D eigenvalue weighted by Crippen LogP contribution is -2.37. The number of methoxy groups -OCH3 is 1. The highest BCUT2D eigenvalue weighted by atomic mass is 16.5. The molecule has 1 aliphatic rings. The Morgan fingerprint density at radius 3 is 2.85 bits per heavy atom. The van der Waals surface area contributed by atoms with E-state index >= 15 is 0 Å². The molecule has 0 unspecified atom stereocenters. The molecule has 0 aliphatic carbocycles. The first kappa shape index (κ1) is 23.1. The number of imidazole rings is 1. The van der Waals surface area contributed by atoms with Crippen molar-refractivity contribution in [3.8, 4) is 11.8 Å². The van der Waals surface area contributed by atoms with E-state index in [-0.39, 0.29) is 29.2 Å². The van der Waals surface area contributed by atoms with Crippen LogP contribution in [0.5, 0.6) is 0 Å². The van der Waals surface area contributed by atoms with E-state index in [4.69, 9.17) is 10.5 Å². The van der Waals surface area contributed by atoms with Crippen LogP contribution < -0.4 is 11.1 Å². The molecule has 0 radical (unpaired) electrons. The maximum atomic E-state index is 12.4. The van der Waals surface area contributed by atoms with Gasteiger partial charge >= 0.3 is 0 Å². The van der Waals surface area contributed by atoms with Crippen molar-refractivity contribution >= 4 is 23.1 Å². The third-order valence-corrected chi connectivity index (χ3v) is 6.05. The molecular formula is C24H27N7O3. The third kappa shape index (κ3) is 4.02. The van der Waals surface area contributed by atoms with E-state index < -0.39 is 5.91 Å². The van der Waals surface area contributed by atoms with E-state index in [2.05, 4.69) is 33.8 Å². The minimum absolute atomic E-state index is 0.136. The van der Waals surface area contributed by atoms with Crippen LogP contribution in [0.15, 0.2) is 37.3 Å². The van der Waals surface area contributed by atoms with Gasteiger partial charge in [-0.25, -0.2) is 9.67 Å². The number of ether oxygens (including phenoxy) is 1. The first-order valence-corrected chi connectivity index (χ1v) is 10.8. The van der Waals surface area contributed by atoms with Crippen LogP contribution in [0, 0.1) is 18.8 Å². The number of anilines is 1. The Balaban J connectivity index is 1.76. The fourth-order valence-corrected chi connectivity index (χ4v) is 4.44. The number of carbonyl (C=O) groups excluding carboxylic acids is 2. The summed E-state index contributed by atoms with van der Waals surface area (Å²) in [4.78, 5) is 30.7. The van der Waals surface area contributed by atoms with Gasteiger partial charge in [-0.3, -0.25) is 14.0 Å². The predicted octanol–water partition coefficient (Wildman–Crippen LogP) is 1.35. The monoisotopic (exact) mass is 461 g/mol. The first-order valence-electron chi connectivity index (χ1n) is 10.8. The summed E-state index contributed by atoms with van der Waals surface area (Å²) in [7, 11) is 3.29. The van der Waals surface area contributed by atoms with Gasteiger partial charge < -0.3 is 20.7 Å². The molecule has 0 bridgehead atoms. The van der Waals surface area contributed by atoms with Crippen molar-refractivity contribution in [3.63, 3.8) is 0 Å². The smallest absolute Gasteiger partial charge is 0.255 e. The second-order valence-corrected chi connectivity index (χ2v) is 8.12. The van der Waals surface area contributed by atoms with Crippen molar-refractivity contribution in [2.24, 2.45) is 5.73 Å². The number of pyridine rings is 1. The van der Waals surface area contributed by atoms with Gasteiger partial charge in [-0.05, 0) is 42.9 Å². The normalized spacial score (nSPS) is 17.4. The van der Waals surface area contributed by atoms with Gasteiger partial charge in [0.25, 0.3) is 5.91 Å².